The van der Waals surface area contributed by atoms with Crippen LogP contribution in [0.25, 0.3) is 0 Å². The third-order valence-electron chi connectivity index (χ3n) is 2.81. The van der Waals surface area contributed by atoms with E-state index in [4.69, 9.17) is 4.74 Å². The average molecular weight is 297 g/mol. The molecule has 114 valence electrons. The molecule has 0 aliphatic heterocycles. The maximum absolute atomic E-state index is 10.0. The molecule has 0 radical (unpaired) electrons. The van der Waals surface area contributed by atoms with Gasteiger partial charge in [0.25, 0.3) is 0 Å². The number of hydrogen-bond donors (Lipinski definition) is 1. The summed E-state index contributed by atoms with van der Waals surface area (Å²) >= 11 is 1.82. The average Bonchev–Trinajstić information content (AvgIpc) is 2.74. The minimum Gasteiger partial charge on any atom is -0.389 e. The third kappa shape index (κ3) is 7.20. The molecule has 4 heteroatoms. The van der Waals surface area contributed by atoms with Crippen LogP contribution in [0.4, 0.5) is 0 Å². The molecule has 0 unspecified atom stereocenters. The highest BCUT2D eigenvalue weighted by atomic mass is 32.1. The predicted molar refractivity (Wildman–Crippen MR) is 86.2 cm³/mol. The normalized spacial score (nSPS) is 13.1. The van der Waals surface area contributed by atoms with Gasteiger partial charge < -0.3 is 9.84 Å². The SMILES string of the molecule is C=CCOC[C@H](O)CN(Cc1ccc(C)s1)CC(C)C. The zero-order chi connectivity index (χ0) is 15.0. The summed E-state index contributed by atoms with van der Waals surface area (Å²) in [5, 5.41) is 10.0. The standard InChI is InChI=1S/C16H27NO2S/c1-5-8-19-12-15(18)10-17(9-13(2)3)11-16-7-6-14(4)20-16/h5-7,13,15,18H,1,8-12H2,2-4H3/t15-/m1/s1. The Morgan fingerprint density at radius 1 is 1.40 bits per heavy atom. The smallest absolute Gasteiger partial charge is 0.0900 e. The van der Waals surface area contributed by atoms with Crippen LogP contribution in [0.5, 0.6) is 0 Å². The van der Waals surface area contributed by atoms with Crippen molar-refractivity contribution in [1.82, 2.24) is 4.90 Å². The lowest BCUT2D eigenvalue weighted by molar-refractivity contribution is 0.0225. The summed E-state index contributed by atoms with van der Waals surface area (Å²) in [4.78, 5) is 4.99. The first kappa shape index (κ1) is 17.4. The van der Waals surface area contributed by atoms with E-state index in [0.29, 0.717) is 25.7 Å². The number of hydrogen-bond acceptors (Lipinski definition) is 4. The molecule has 1 heterocycles. The van der Waals surface area contributed by atoms with Crippen LogP contribution in [0.2, 0.25) is 0 Å². The van der Waals surface area contributed by atoms with E-state index in [1.54, 1.807) is 6.08 Å². The highest BCUT2D eigenvalue weighted by Gasteiger charge is 2.14. The number of thiophene rings is 1. The van der Waals surface area contributed by atoms with Crippen molar-refractivity contribution in [3.8, 4) is 0 Å². The summed E-state index contributed by atoms with van der Waals surface area (Å²) in [5.41, 5.74) is 0. The molecule has 0 saturated heterocycles. The second-order valence-electron chi connectivity index (χ2n) is 5.58. The van der Waals surface area contributed by atoms with Crippen molar-refractivity contribution in [2.75, 3.05) is 26.3 Å². The molecule has 0 aromatic carbocycles. The Bertz CT molecular complexity index is 390. The Kier molecular flexibility index (Phi) is 8.07. The molecule has 0 aliphatic carbocycles. The fourth-order valence-corrected chi connectivity index (χ4v) is 3.08. The molecule has 1 aromatic rings. The summed E-state index contributed by atoms with van der Waals surface area (Å²) in [6, 6.07) is 4.32. The first-order valence-electron chi connectivity index (χ1n) is 7.15. The van der Waals surface area contributed by atoms with Crippen molar-refractivity contribution < 1.29 is 9.84 Å². The zero-order valence-electron chi connectivity index (χ0n) is 12.8. The van der Waals surface area contributed by atoms with Gasteiger partial charge in [0.2, 0.25) is 0 Å². The van der Waals surface area contributed by atoms with Gasteiger partial charge in [0, 0.05) is 29.4 Å². The topological polar surface area (TPSA) is 32.7 Å². The van der Waals surface area contributed by atoms with Crippen LogP contribution in [-0.4, -0.2) is 42.4 Å². The van der Waals surface area contributed by atoms with Crippen LogP contribution in [-0.2, 0) is 11.3 Å². The van der Waals surface area contributed by atoms with E-state index >= 15 is 0 Å². The summed E-state index contributed by atoms with van der Waals surface area (Å²) in [6.07, 6.45) is 1.25. The largest absolute Gasteiger partial charge is 0.389 e. The van der Waals surface area contributed by atoms with E-state index in [2.05, 4.69) is 44.4 Å². The van der Waals surface area contributed by atoms with Crippen LogP contribution in [0.3, 0.4) is 0 Å². The molecule has 0 saturated carbocycles. The van der Waals surface area contributed by atoms with Crippen LogP contribution in [0.1, 0.15) is 23.6 Å². The van der Waals surface area contributed by atoms with Crippen molar-refractivity contribution in [2.45, 2.75) is 33.4 Å². The number of aryl methyl sites for hydroxylation is 1. The van der Waals surface area contributed by atoms with Gasteiger partial charge in [-0.1, -0.05) is 19.9 Å². The van der Waals surface area contributed by atoms with Crippen molar-refractivity contribution in [1.29, 1.82) is 0 Å². The number of aliphatic hydroxyl groups is 1. The molecule has 0 fully saturated rings. The second-order valence-corrected chi connectivity index (χ2v) is 6.95. The van der Waals surface area contributed by atoms with Crippen LogP contribution >= 0.6 is 11.3 Å². The highest BCUT2D eigenvalue weighted by Crippen LogP contribution is 2.18. The number of ether oxygens (including phenoxy) is 1. The van der Waals surface area contributed by atoms with Crippen LogP contribution in [0.15, 0.2) is 24.8 Å². The predicted octanol–water partition coefficient (Wildman–Crippen LogP) is 3.08. The lowest BCUT2D eigenvalue weighted by atomic mass is 10.2. The lowest BCUT2D eigenvalue weighted by Crippen LogP contribution is -2.36. The molecule has 0 aliphatic rings. The van der Waals surface area contributed by atoms with Crippen molar-refractivity contribution in [2.24, 2.45) is 5.92 Å². The van der Waals surface area contributed by atoms with Crippen LogP contribution < -0.4 is 0 Å². The van der Waals surface area contributed by atoms with E-state index in [1.807, 2.05) is 11.3 Å². The van der Waals surface area contributed by atoms with E-state index in [9.17, 15) is 5.11 Å². The monoisotopic (exact) mass is 297 g/mol. The summed E-state index contributed by atoms with van der Waals surface area (Å²) in [6.45, 7) is 13.5. The number of aliphatic hydroxyl groups excluding tert-OH is 1. The molecule has 0 amide bonds. The van der Waals surface area contributed by atoms with Gasteiger partial charge in [0.15, 0.2) is 0 Å². The maximum atomic E-state index is 10.0. The third-order valence-corrected chi connectivity index (χ3v) is 3.80. The van der Waals surface area contributed by atoms with Gasteiger partial charge >= 0.3 is 0 Å². The van der Waals surface area contributed by atoms with Gasteiger partial charge in [-0.25, -0.2) is 0 Å². The first-order chi connectivity index (χ1) is 9.51. The van der Waals surface area contributed by atoms with Crippen molar-refractivity contribution in [3.05, 3.63) is 34.5 Å². The zero-order valence-corrected chi connectivity index (χ0v) is 13.7. The highest BCUT2D eigenvalue weighted by molar-refractivity contribution is 7.11. The molecule has 20 heavy (non-hydrogen) atoms. The fraction of sp³-hybridized carbons (Fsp3) is 0.625. The van der Waals surface area contributed by atoms with E-state index in [-0.39, 0.29) is 0 Å². The number of rotatable bonds is 10. The molecule has 1 aromatic heterocycles. The Morgan fingerprint density at radius 2 is 2.15 bits per heavy atom. The molecule has 0 spiro atoms. The van der Waals surface area contributed by atoms with E-state index in [1.165, 1.54) is 9.75 Å². The molecule has 0 bridgehead atoms. The first-order valence-corrected chi connectivity index (χ1v) is 7.97. The molecule has 1 atom stereocenters. The molecule has 1 rings (SSSR count). The second kappa shape index (κ2) is 9.29. The fourth-order valence-electron chi connectivity index (χ4n) is 2.15. The molecule has 1 N–H and O–H groups in total. The summed E-state index contributed by atoms with van der Waals surface area (Å²) in [5.74, 6) is 0.581. The summed E-state index contributed by atoms with van der Waals surface area (Å²) in [7, 11) is 0. The van der Waals surface area contributed by atoms with Gasteiger partial charge in [-0.15, -0.1) is 17.9 Å². The quantitative estimate of drug-likeness (QED) is 0.532. The molecule has 3 nitrogen and oxygen atoms in total. The number of nitrogens with zero attached hydrogens (tertiary/aromatic N) is 1. The summed E-state index contributed by atoms with van der Waals surface area (Å²) < 4.78 is 5.31. The Hall–Kier alpha value is -0.680. The van der Waals surface area contributed by atoms with Gasteiger partial charge in [-0.05, 0) is 25.0 Å². The van der Waals surface area contributed by atoms with Crippen LogP contribution in [0, 0.1) is 12.8 Å². The lowest BCUT2D eigenvalue weighted by Gasteiger charge is -2.26. The molecular weight excluding hydrogens is 270 g/mol. The van der Waals surface area contributed by atoms with Crippen molar-refractivity contribution in [3.63, 3.8) is 0 Å². The maximum Gasteiger partial charge on any atom is 0.0900 e. The van der Waals surface area contributed by atoms with Crippen molar-refractivity contribution >= 4 is 11.3 Å². The Balaban J connectivity index is 2.48. The minimum atomic E-state index is -0.449. The van der Waals surface area contributed by atoms with Gasteiger partial charge in [0.1, 0.15) is 0 Å². The Morgan fingerprint density at radius 3 is 2.70 bits per heavy atom. The van der Waals surface area contributed by atoms with E-state index < -0.39 is 6.10 Å². The minimum absolute atomic E-state index is 0.365. The van der Waals surface area contributed by atoms with Gasteiger partial charge in [0.05, 0.1) is 19.3 Å². The Labute approximate surface area is 126 Å². The van der Waals surface area contributed by atoms with Gasteiger partial charge in [-0.3, -0.25) is 4.90 Å². The van der Waals surface area contributed by atoms with E-state index in [0.717, 1.165) is 13.1 Å². The van der Waals surface area contributed by atoms with Gasteiger partial charge in [-0.2, -0.15) is 0 Å². The molecular formula is C16H27NO2S.